The fourth-order valence-corrected chi connectivity index (χ4v) is 2.73. The summed E-state index contributed by atoms with van der Waals surface area (Å²) < 4.78 is 5.36. The van der Waals surface area contributed by atoms with Gasteiger partial charge < -0.3 is 15.0 Å². The Labute approximate surface area is 144 Å². The van der Waals surface area contributed by atoms with Crippen LogP contribution in [0.15, 0.2) is 6.07 Å². The van der Waals surface area contributed by atoms with E-state index in [1.165, 1.54) is 0 Å². The molecule has 1 heterocycles. The van der Waals surface area contributed by atoms with Crippen LogP contribution in [0, 0.1) is 24.2 Å². The lowest BCUT2D eigenvalue weighted by Crippen LogP contribution is -2.46. The Bertz CT molecular complexity index is 603. The third-order valence-corrected chi connectivity index (χ3v) is 4.30. The molecule has 0 fully saturated rings. The smallest absolute Gasteiger partial charge is 0.247 e. The number of methoxy groups -OCH3 is 1. The summed E-state index contributed by atoms with van der Waals surface area (Å²) in [5.74, 6) is 6.45. The monoisotopic (exact) mass is 336 g/mol. The summed E-state index contributed by atoms with van der Waals surface area (Å²) in [6.45, 7) is 10.2. The van der Waals surface area contributed by atoms with Crippen LogP contribution in [0.5, 0.6) is 0 Å². The van der Waals surface area contributed by atoms with Gasteiger partial charge in [0.05, 0.1) is 11.0 Å². The molecule has 4 nitrogen and oxygen atoms in total. The molecule has 0 aliphatic rings. The average molecular weight is 337 g/mol. The normalized spacial score (nSPS) is 13.7. The summed E-state index contributed by atoms with van der Waals surface area (Å²) >= 11 is 1.63. The molecule has 0 saturated heterocycles. The lowest BCUT2D eigenvalue weighted by molar-refractivity contribution is -0.132. The van der Waals surface area contributed by atoms with E-state index in [1.54, 1.807) is 37.4 Å². The van der Waals surface area contributed by atoms with E-state index in [1.807, 2.05) is 19.9 Å². The summed E-state index contributed by atoms with van der Waals surface area (Å²) in [6, 6.07) is 1.59. The number of hydrogen-bond acceptors (Lipinski definition) is 4. The van der Waals surface area contributed by atoms with Crippen LogP contribution in [0.3, 0.4) is 0 Å². The van der Waals surface area contributed by atoms with Crippen molar-refractivity contribution in [2.75, 3.05) is 26.5 Å². The molecule has 23 heavy (non-hydrogen) atoms. The number of rotatable bonds is 5. The van der Waals surface area contributed by atoms with Gasteiger partial charge in [-0.2, -0.15) is 0 Å². The summed E-state index contributed by atoms with van der Waals surface area (Å²) in [4.78, 5) is 16.1. The molecule has 0 bridgehead atoms. The first-order chi connectivity index (χ1) is 10.5. The summed E-state index contributed by atoms with van der Waals surface area (Å²) in [5.41, 5.74) is 0.914. The zero-order chi connectivity index (χ0) is 17.8. The minimum Gasteiger partial charge on any atom is -0.379 e. The third kappa shape index (κ3) is 5.89. The number of aryl methyl sites for hydroxylation is 1. The van der Waals surface area contributed by atoms with Crippen molar-refractivity contribution in [3.63, 3.8) is 0 Å². The highest BCUT2D eigenvalue weighted by molar-refractivity contribution is 7.13. The van der Waals surface area contributed by atoms with Crippen molar-refractivity contribution in [3.8, 4) is 11.8 Å². The number of ether oxygens (including phenoxy) is 1. The largest absolute Gasteiger partial charge is 0.379 e. The average Bonchev–Trinajstić information content (AvgIpc) is 2.80. The number of nitrogens with zero attached hydrogens (tertiary/aromatic N) is 1. The second kappa shape index (κ2) is 7.85. The van der Waals surface area contributed by atoms with Crippen molar-refractivity contribution in [1.82, 2.24) is 4.90 Å². The van der Waals surface area contributed by atoms with Crippen molar-refractivity contribution in [1.29, 1.82) is 0 Å². The number of thiophene rings is 1. The number of carbonyl (C=O) groups is 1. The Morgan fingerprint density at radius 3 is 2.48 bits per heavy atom. The summed E-state index contributed by atoms with van der Waals surface area (Å²) in [6.07, 6.45) is -0.228. The minimum atomic E-state index is -0.424. The Morgan fingerprint density at radius 2 is 2.00 bits per heavy atom. The topological polar surface area (TPSA) is 41.6 Å². The molecule has 1 amide bonds. The lowest BCUT2D eigenvalue weighted by Gasteiger charge is -2.26. The molecule has 1 aromatic heterocycles. The van der Waals surface area contributed by atoms with Gasteiger partial charge in [-0.1, -0.05) is 11.8 Å². The zero-order valence-electron chi connectivity index (χ0n) is 15.4. The molecular formula is C18H28N2O2S. The fraction of sp³-hybridized carbons (Fsp3) is 0.611. The van der Waals surface area contributed by atoms with Crippen LogP contribution in [0.1, 0.15) is 37.4 Å². The highest BCUT2D eigenvalue weighted by Gasteiger charge is 2.27. The number of likely N-dealkylation sites (N-methyl/N-ethyl adjacent to an activating group) is 1. The highest BCUT2D eigenvalue weighted by Crippen LogP contribution is 2.27. The van der Waals surface area contributed by atoms with Crippen LogP contribution in [0.2, 0.25) is 0 Å². The second-order valence-electron chi connectivity index (χ2n) is 6.88. The van der Waals surface area contributed by atoms with Crippen molar-refractivity contribution >= 4 is 22.9 Å². The molecule has 0 radical (unpaired) electrons. The molecular weight excluding hydrogens is 308 g/mol. The Hall–Kier alpha value is -1.51. The van der Waals surface area contributed by atoms with Crippen molar-refractivity contribution in [2.45, 2.75) is 46.8 Å². The van der Waals surface area contributed by atoms with Gasteiger partial charge in [0.25, 0.3) is 0 Å². The number of carbonyl (C=O) groups excluding carboxylic acids is 1. The van der Waals surface area contributed by atoms with Crippen LogP contribution >= 0.6 is 11.3 Å². The molecule has 0 aliphatic carbocycles. The van der Waals surface area contributed by atoms with Crippen molar-refractivity contribution < 1.29 is 9.53 Å². The van der Waals surface area contributed by atoms with Gasteiger partial charge in [-0.15, -0.1) is 11.3 Å². The molecule has 1 N–H and O–H groups in total. The van der Waals surface area contributed by atoms with Gasteiger partial charge in [0.1, 0.15) is 6.04 Å². The van der Waals surface area contributed by atoms with E-state index < -0.39 is 6.04 Å². The molecule has 0 saturated carbocycles. The maximum atomic E-state index is 12.4. The van der Waals surface area contributed by atoms with Gasteiger partial charge in [0.15, 0.2) is 0 Å². The fourth-order valence-electron chi connectivity index (χ4n) is 1.90. The van der Waals surface area contributed by atoms with Gasteiger partial charge in [-0.05, 0) is 40.7 Å². The molecule has 0 aliphatic heterocycles. The molecule has 1 rings (SSSR count). The quantitative estimate of drug-likeness (QED) is 0.838. The van der Waals surface area contributed by atoms with Gasteiger partial charge in [0, 0.05) is 37.2 Å². The SMILES string of the molecule is COC(C)C(Nc1cc(C#CC(C)(C)C)sc1C)C(=O)N(C)C. The van der Waals surface area contributed by atoms with Gasteiger partial charge >= 0.3 is 0 Å². The molecule has 128 valence electrons. The van der Waals surface area contributed by atoms with E-state index in [2.05, 4.69) is 37.9 Å². The highest BCUT2D eigenvalue weighted by atomic mass is 32.1. The third-order valence-electron chi connectivity index (χ3n) is 3.34. The van der Waals surface area contributed by atoms with Crippen LogP contribution in [0.25, 0.3) is 0 Å². The Balaban J connectivity index is 3.03. The molecule has 0 aromatic carbocycles. The number of amides is 1. The summed E-state index contributed by atoms with van der Waals surface area (Å²) in [7, 11) is 5.11. The molecule has 1 aromatic rings. The zero-order valence-corrected chi connectivity index (χ0v) is 16.2. The number of hydrogen-bond donors (Lipinski definition) is 1. The maximum absolute atomic E-state index is 12.4. The number of anilines is 1. The van der Waals surface area contributed by atoms with Crippen LogP contribution in [0.4, 0.5) is 5.69 Å². The molecule has 5 heteroatoms. The van der Waals surface area contributed by atoms with Crippen molar-refractivity contribution in [2.24, 2.45) is 5.41 Å². The van der Waals surface area contributed by atoms with E-state index in [9.17, 15) is 4.79 Å². The lowest BCUT2D eigenvalue weighted by atomic mass is 9.98. The van der Waals surface area contributed by atoms with Crippen LogP contribution < -0.4 is 5.32 Å². The second-order valence-corrected chi connectivity index (χ2v) is 8.13. The Morgan fingerprint density at radius 1 is 1.39 bits per heavy atom. The van der Waals surface area contributed by atoms with E-state index in [-0.39, 0.29) is 17.4 Å². The van der Waals surface area contributed by atoms with Crippen LogP contribution in [-0.2, 0) is 9.53 Å². The van der Waals surface area contributed by atoms with Gasteiger partial charge in [-0.3, -0.25) is 4.79 Å². The standard InChI is InChI=1S/C18H28N2O2S/c1-12(22-8)16(17(21)20(6)7)19-15-11-14(23-13(15)2)9-10-18(3,4)5/h11-12,16,19H,1-8H3. The Kier molecular flexibility index (Phi) is 6.67. The molecule has 2 atom stereocenters. The summed E-state index contributed by atoms with van der Waals surface area (Å²) in [5, 5.41) is 3.32. The van der Waals surface area contributed by atoms with Gasteiger partial charge in [-0.25, -0.2) is 0 Å². The van der Waals surface area contributed by atoms with Crippen molar-refractivity contribution in [3.05, 3.63) is 15.8 Å². The van der Waals surface area contributed by atoms with E-state index in [0.717, 1.165) is 15.4 Å². The predicted molar refractivity (Wildman–Crippen MR) is 98.0 cm³/mol. The maximum Gasteiger partial charge on any atom is 0.247 e. The van der Waals surface area contributed by atoms with E-state index in [0.29, 0.717) is 0 Å². The molecule has 2 unspecified atom stereocenters. The minimum absolute atomic E-state index is 0.00715. The first-order valence-corrected chi connectivity index (χ1v) is 8.51. The van der Waals surface area contributed by atoms with Gasteiger partial charge in [0.2, 0.25) is 5.91 Å². The van der Waals surface area contributed by atoms with E-state index >= 15 is 0 Å². The number of nitrogens with one attached hydrogen (secondary N) is 1. The first kappa shape index (κ1) is 19.5. The van der Waals surface area contributed by atoms with Crippen LogP contribution in [-0.4, -0.2) is 44.2 Å². The first-order valence-electron chi connectivity index (χ1n) is 7.69. The predicted octanol–water partition coefficient (Wildman–Crippen LogP) is 3.36. The van der Waals surface area contributed by atoms with E-state index in [4.69, 9.17) is 4.74 Å². The molecule has 0 spiro atoms.